The minimum atomic E-state index is -0.549. The standard InChI is InChI=1S/C19H23N5O3/c20-13-3-1-2-4-14(13)23-17-8-6-12(18(21)25)19(24-17)22-11-5-7-15-16(9-11)27-10-26-15/h5-9,13-14H,1-4,10,20H2,(H2,21,25)(H2,22,23,24)/t13-,14+/m0/s1. The number of amides is 1. The number of anilines is 3. The Hall–Kier alpha value is -3.00. The Morgan fingerprint density at radius 2 is 1.93 bits per heavy atom. The van der Waals surface area contributed by atoms with Crippen LogP contribution in [0.3, 0.4) is 0 Å². The number of rotatable bonds is 5. The van der Waals surface area contributed by atoms with Crippen molar-refractivity contribution in [2.45, 2.75) is 37.8 Å². The van der Waals surface area contributed by atoms with Gasteiger partial charge in [-0.15, -0.1) is 0 Å². The predicted octanol–water partition coefficient (Wildman–Crippen LogP) is 2.33. The van der Waals surface area contributed by atoms with Gasteiger partial charge in [0.25, 0.3) is 5.91 Å². The number of nitrogens with two attached hydrogens (primary N) is 2. The lowest BCUT2D eigenvalue weighted by molar-refractivity contribution is 0.100. The van der Waals surface area contributed by atoms with Gasteiger partial charge in [0.05, 0.1) is 5.56 Å². The summed E-state index contributed by atoms with van der Waals surface area (Å²) in [5, 5.41) is 6.55. The second-order valence-electron chi connectivity index (χ2n) is 6.85. The molecule has 6 N–H and O–H groups in total. The summed E-state index contributed by atoms with van der Waals surface area (Å²) in [6.45, 7) is 0.199. The zero-order valence-electron chi connectivity index (χ0n) is 14.9. The average Bonchev–Trinajstić information content (AvgIpc) is 3.11. The van der Waals surface area contributed by atoms with E-state index in [4.69, 9.17) is 20.9 Å². The third-order valence-corrected chi connectivity index (χ3v) is 4.95. The number of hydrogen-bond donors (Lipinski definition) is 4. The summed E-state index contributed by atoms with van der Waals surface area (Å²) in [7, 11) is 0. The first kappa shape index (κ1) is 17.4. The number of nitrogens with zero attached hydrogens (tertiary/aromatic N) is 1. The van der Waals surface area contributed by atoms with Crippen LogP contribution in [0.15, 0.2) is 30.3 Å². The maximum atomic E-state index is 11.8. The first-order valence-electron chi connectivity index (χ1n) is 9.10. The maximum Gasteiger partial charge on any atom is 0.252 e. The van der Waals surface area contributed by atoms with E-state index in [1.165, 1.54) is 0 Å². The number of ether oxygens (including phenoxy) is 2. The van der Waals surface area contributed by atoms with Gasteiger partial charge in [0, 0.05) is 23.8 Å². The van der Waals surface area contributed by atoms with E-state index >= 15 is 0 Å². The van der Waals surface area contributed by atoms with Gasteiger partial charge in [-0.1, -0.05) is 12.8 Å². The van der Waals surface area contributed by atoms with Crippen molar-refractivity contribution in [3.8, 4) is 11.5 Å². The lowest BCUT2D eigenvalue weighted by Crippen LogP contribution is -2.42. The number of carbonyl (C=O) groups is 1. The molecule has 8 heteroatoms. The van der Waals surface area contributed by atoms with E-state index in [0.29, 0.717) is 28.7 Å². The highest BCUT2D eigenvalue weighted by Crippen LogP contribution is 2.35. The minimum Gasteiger partial charge on any atom is -0.454 e. The van der Waals surface area contributed by atoms with Gasteiger partial charge >= 0.3 is 0 Å². The molecule has 0 unspecified atom stereocenters. The fourth-order valence-electron chi connectivity index (χ4n) is 3.47. The SMILES string of the molecule is NC(=O)c1ccc(N[C@@H]2CCCC[C@@H]2N)nc1Nc1ccc2c(c1)OCO2. The third kappa shape index (κ3) is 3.75. The van der Waals surface area contributed by atoms with Crippen LogP contribution in [0.25, 0.3) is 0 Å². The van der Waals surface area contributed by atoms with Crippen molar-refractivity contribution in [2.24, 2.45) is 11.5 Å². The number of fused-ring (bicyclic) bond motifs is 1. The quantitative estimate of drug-likeness (QED) is 0.637. The van der Waals surface area contributed by atoms with Gasteiger partial charge in [0.15, 0.2) is 11.5 Å². The monoisotopic (exact) mass is 369 g/mol. The molecular weight excluding hydrogens is 346 g/mol. The zero-order valence-corrected chi connectivity index (χ0v) is 14.9. The Morgan fingerprint density at radius 1 is 1.11 bits per heavy atom. The number of primary amides is 1. The number of aromatic nitrogens is 1. The summed E-state index contributed by atoms with van der Waals surface area (Å²) >= 11 is 0. The topological polar surface area (TPSA) is 125 Å². The van der Waals surface area contributed by atoms with Gasteiger partial charge in [0.2, 0.25) is 6.79 Å². The van der Waals surface area contributed by atoms with E-state index in [-0.39, 0.29) is 18.9 Å². The highest BCUT2D eigenvalue weighted by molar-refractivity contribution is 5.98. The zero-order chi connectivity index (χ0) is 18.8. The Bertz CT molecular complexity index is 857. The van der Waals surface area contributed by atoms with Crippen LogP contribution >= 0.6 is 0 Å². The van der Waals surface area contributed by atoms with E-state index < -0.39 is 5.91 Å². The molecule has 1 aromatic heterocycles. The molecule has 1 aromatic carbocycles. The molecule has 8 nitrogen and oxygen atoms in total. The largest absolute Gasteiger partial charge is 0.454 e. The summed E-state index contributed by atoms with van der Waals surface area (Å²) in [5.41, 5.74) is 12.8. The second-order valence-corrected chi connectivity index (χ2v) is 6.85. The van der Waals surface area contributed by atoms with Crippen LogP contribution in [0.1, 0.15) is 36.0 Å². The molecule has 142 valence electrons. The van der Waals surface area contributed by atoms with Crippen LogP contribution in [-0.4, -0.2) is 29.8 Å². The maximum absolute atomic E-state index is 11.8. The van der Waals surface area contributed by atoms with Gasteiger partial charge < -0.3 is 31.6 Å². The minimum absolute atomic E-state index is 0.0987. The van der Waals surface area contributed by atoms with E-state index in [9.17, 15) is 4.79 Å². The molecule has 0 saturated heterocycles. The molecule has 4 rings (SSSR count). The Kier molecular flexibility index (Phi) is 4.72. The summed E-state index contributed by atoms with van der Waals surface area (Å²) < 4.78 is 10.7. The van der Waals surface area contributed by atoms with Gasteiger partial charge in [0.1, 0.15) is 11.6 Å². The molecular formula is C19H23N5O3. The lowest BCUT2D eigenvalue weighted by Gasteiger charge is -2.29. The molecule has 27 heavy (non-hydrogen) atoms. The fourth-order valence-corrected chi connectivity index (χ4v) is 3.47. The van der Waals surface area contributed by atoms with Gasteiger partial charge in [-0.3, -0.25) is 4.79 Å². The number of hydrogen-bond acceptors (Lipinski definition) is 7. The summed E-state index contributed by atoms with van der Waals surface area (Å²) in [6.07, 6.45) is 4.31. The third-order valence-electron chi connectivity index (χ3n) is 4.95. The first-order chi connectivity index (χ1) is 13.1. The first-order valence-corrected chi connectivity index (χ1v) is 9.10. The van der Waals surface area contributed by atoms with Crippen molar-refractivity contribution in [2.75, 3.05) is 17.4 Å². The van der Waals surface area contributed by atoms with Gasteiger partial charge in [-0.25, -0.2) is 4.98 Å². The number of carbonyl (C=O) groups excluding carboxylic acids is 1. The molecule has 1 fully saturated rings. The van der Waals surface area contributed by atoms with Gasteiger partial charge in [-0.05, 0) is 37.1 Å². The smallest absolute Gasteiger partial charge is 0.252 e. The van der Waals surface area contributed by atoms with Crippen molar-refractivity contribution < 1.29 is 14.3 Å². The molecule has 2 heterocycles. The van der Waals surface area contributed by atoms with Crippen molar-refractivity contribution in [1.29, 1.82) is 0 Å². The summed E-state index contributed by atoms with van der Waals surface area (Å²) in [4.78, 5) is 16.4. The highest BCUT2D eigenvalue weighted by Gasteiger charge is 2.22. The molecule has 0 radical (unpaired) electrons. The fraction of sp³-hybridized carbons (Fsp3) is 0.368. The second kappa shape index (κ2) is 7.32. The number of nitrogens with one attached hydrogen (secondary N) is 2. The molecule has 1 amide bonds. The Labute approximate surface area is 157 Å². The highest BCUT2D eigenvalue weighted by atomic mass is 16.7. The van der Waals surface area contributed by atoms with E-state index in [1.807, 2.05) is 6.07 Å². The molecule has 1 saturated carbocycles. The Balaban J connectivity index is 1.58. The van der Waals surface area contributed by atoms with Gasteiger partial charge in [-0.2, -0.15) is 0 Å². The molecule has 1 aliphatic carbocycles. The van der Waals surface area contributed by atoms with Crippen LogP contribution in [-0.2, 0) is 0 Å². The van der Waals surface area contributed by atoms with Crippen LogP contribution in [0.4, 0.5) is 17.3 Å². The van der Waals surface area contributed by atoms with Crippen LogP contribution in [0.5, 0.6) is 11.5 Å². The number of pyridine rings is 1. The van der Waals surface area contributed by atoms with E-state index in [0.717, 1.165) is 31.4 Å². The van der Waals surface area contributed by atoms with E-state index in [1.54, 1.807) is 24.3 Å². The van der Waals surface area contributed by atoms with Crippen LogP contribution in [0, 0.1) is 0 Å². The summed E-state index contributed by atoms with van der Waals surface area (Å²) in [5.74, 6) is 1.82. The molecule has 2 aliphatic rings. The summed E-state index contributed by atoms with van der Waals surface area (Å²) in [6, 6.07) is 9.12. The van der Waals surface area contributed by atoms with Crippen molar-refractivity contribution in [3.63, 3.8) is 0 Å². The molecule has 2 aromatic rings. The van der Waals surface area contributed by atoms with Crippen molar-refractivity contribution in [3.05, 3.63) is 35.9 Å². The van der Waals surface area contributed by atoms with Crippen LogP contribution in [0.2, 0.25) is 0 Å². The average molecular weight is 369 g/mol. The molecule has 0 bridgehead atoms. The molecule has 2 atom stereocenters. The molecule has 1 aliphatic heterocycles. The van der Waals surface area contributed by atoms with Crippen molar-refractivity contribution in [1.82, 2.24) is 4.98 Å². The van der Waals surface area contributed by atoms with E-state index in [2.05, 4.69) is 15.6 Å². The van der Waals surface area contributed by atoms with Crippen LogP contribution < -0.4 is 31.6 Å². The van der Waals surface area contributed by atoms with Crippen molar-refractivity contribution >= 4 is 23.2 Å². The normalized spacial score (nSPS) is 20.9. The molecule has 0 spiro atoms. The lowest BCUT2D eigenvalue weighted by atomic mass is 9.91. The Morgan fingerprint density at radius 3 is 2.74 bits per heavy atom. The predicted molar refractivity (Wildman–Crippen MR) is 102 cm³/mol. The number of benzene rings is 1.